The largest absolute Gasteiger partial charge is 0.484 e. The predicted molar refractivity (Wildman–Crippen MR) is 111 cm³/mol. The van der Waals surface area contributed by atoms with E-state index >= 15 is 0 Å². The van der Waals surface area contributed by atoms with Gasteiger partial charge >= 0.3 is 6.18 Å². The lowest BCUT2D eigenvalue weighted by molar-refractivity contribution is -0.302. The number of alkyl halides is 3. The van der Waals surface area contributed by atoms with Crippen LogP contribution in [-0.2, 0) is 10.2 Å². The summed E-state index contributed by atoms with van der Waals surface area (Å²) >= 11 is 0. The Balaban J connectivity index is 1.70. The quantitative estimate of drug-likeness (QED) is 0.721. The standard InChI is InChI=1S/C23H25F3N2O3/c1-4-18-14-22(30,23(24,25)26)28(27-18)20(29)15-31-19-12-10-17(11-13-19)21(2,3)16-8-6-5-7-9-16/h5-13,30H,4,14-15H2,1-3H3/t22-/m1/s1. The number of carbonyl (C=O) groups is 1. The highest BCUT2D eigenvalue weighted by atomic mass is 19.4. The number of hydrogen-bond donors (Lipinski definition) is 1. The molecule has 0 unspecified atom stereocenters. The van der Waals surface area contributed by atoms with Crippen LogP contribution in [0.15, 0.2) is 59.7 Å². The fourth-order valence-corrected chi connectivity index (χ4v) is 3.49. The number of ether oxygens (including phenoxy) is 1. The van der Waals surface area contributed by atoms with Gasteiger partial charge in [-0.1, -0.05) is 63.2 Å². The van der Waals surface area contributed by atoms with Crippen LogP contribution in [-0.4, -0.2) is 40.2 Å². The van der Waals surface area contributed by atoms with Crippen LogP contribution in [0.5, 0.6) is 5.75 Å². The zero-order chi connectivity index (χ0) is 22.9. The maximum atomic E-state index is 13.4. The topological polar surface area (TPSA) is 62.1 Å². The van der Waals surface area contributed by atoms with Crippen molar-refractivity contribution in [3.63, 3.8) is 0 Å². The van der Waals surface area contributed by atoms with Crippen molar-refractivity contribution in [2.24, 2.45) is 5.10 Å². The van der Waals surface area contributed by atoms with Gasteiger partial charge in [0, 0.05) is 17.5 Å². The monoisotopic (exact) mass is 434 g/mol. The molecule has 0 saturated heterocycles. The summed E-state index contributed by atoms with van der Waals surface area (Å²) in [5.74, 6) is -0.743. The highest BCUT2D eigenvalue weighted by molar-refractivity contribution is 5.91. The van der Waals surface area contributed by atoms with E-state index in [-0.39, 0.29) is 22.6 Å². The van der Waals surface area contributed by atoms with E-state index < -0.39 is 30.8 Å². The maximum Gasteiger partial charge on any atom is 0.438 e. The molecule has 31 heavy (non-hydrogen) atoms. The first kappa shape index (κ1) is 22.8. The van der Waals surface area contributed by atoms with Gasteiger partial charge in [0.2, 0.25) is 0 Å². The van der Waals surface area contributed by atoms with Gasteiger partial charge in [0.05, 0.1) is 0 Å². The molecule has 0 radical (unpaired) electrons. The number of rotatable bonds is 6. The summed E-state index contributed by atoms with van der Waals surface area (Å²) in [6, 6.07) is 17.0. The van der Waals surface area contributed by atoms with Crippen molar-refractivity contribution in [2.75, 3.05) is 6.61 Å². The normalized spacial score (nSPS) is 19.3. The first-order chi connectivity index (χ1) is 14.5. The Morgan fingerprint density at radius 3 is 2.23 bits per heavy atom. The van der Waals surface area contributed by atoms with Crippen molar-refractivity contribution >= 4 is 11.6 Å². The summed E-state index contributed by atoms with van der Waals surface area (Å²) in [5.41, 5.74) is -1.37. The van der Waals surface area contributed by atoms with Crippen LogP contribution in [0.4, 0.5) is 13.2 Å². The Hall–Kier alpha value is -2.87. The average Bonchev–Trinajstić information content (AvgIpc) is 3.11. The minimum Gasteiger partial charge on any atom is -0.484 e. The molecule has 3 rings (SSSR count). The number of hydrazone groups is 1. The van der Waals surface area contributed by atoms with Crippen molar-refractivity contribution in [1.82, 2.24) is 5.01 Å². The molecule has 0 spiro atoms. The van der Waals surface area contributed by atoms with Crippen LogP contribution in [0.2, 0.25) is 0 Å². The molecule has 1 N–H and O–H groups in total. The van der Waals surface area contributed by atoms with Crippen LogP contribution in [0.1, 0.15) is 44.7 Å². The summed E-state index contributed by atoms with van der Waals surface area (Å²) < 4.78 is 45.5. The summed E-state index contributed by atoms with van der Waals surface area (Å²) in [6.45, 7) is 5.09. The smallest absolute Gasteiger partial charge is 0.438 e. The molecular weight excluding hydrogens is 409 g/mol. The van der Waals surface area contributed by atoms with Crippen molar-refractivity contribution in [3.8, 4) is 5.75 Å². The van der Waals surface area contributed by atoms with Crippen LogP contribution >= 0.6 is 0 Å². The summed E-state index contributed by atoms with van der Waals surface area (Å²) in [4.78, 5) is 12.4. The van der Waals surface area contributed by atoms with Gasteiger partial charge in [-0.2, -0.15) is 23.3 Å². The Labute approximate surface area is 179 Å². The molecule has 1 aliphatic rings. The molecule has 5 nitrogen and oxygen atoms in total. The zero-order valence-corrected chi connectivity index (χ0v) is 17.6. The fraction of sp³-hybridized carbons (Fsp3) is 0.391. The third-order valence-corrected chi connectivity index (χ3v) is 5.57. The number of hydrogen-bond acceptors (Lipinski definition) is 4. The van der Waals surface area contributed by atoms with Crippen molar-refractivity contribution in [3.05, 3.63) is 65.7 Å². The molecule has 2 aromatic carbocycles. The molecule has 2 aromatic rings. The Morgan fingerprint density at radius 1 is 1.10 bits per heavy atom. The molecule has 0 fully saturated rings. The lowest BCUT2D eigenvalue weighted by Crippen LogP contribution is -2.57. The number of amides is 1. The molecule has 166 valence electrons. The van der Waals surface area contributed by atoms with Gasteiger partial charge in [-0.05, 0) is 29.7 Å². The molecule has 0 aliphatic carbocycles. The summed E-state index contributed by atoms with van der Waals surface area (Å²) in [6.07, 6.45) is -5.60. The van der Waals surface area contributed by atoms with Crippen LogP contribution in [0.25, 0.3) is 0 Å². The maximum absolute atomic E-state index is 13.4. The molecule has 0 bridgehead atoms. The summed E-state index contributed by atoms with van der Waals surface area (Å²) in [5, 5.41) is 13.9. The Morgan fingerprint density at radius 2 is 1.68 bits per heavy atom. The highest BCUT2D eigenvalue weighted by Crippen LogP contribution is 2.40. The number of carbonyl (C=O) groups excluding carboxylic acids is 1. The summed E-state index contributed by atoms with van der Waals surface area (Å²) in [7, 11) is 0. The van der Waals surface area contributed by atoms with Crippen molar-refractivity contribution in [1.29, 1.82) is 0 Å². The molecule has 1 heterocycles. The second-order valence-corrected chi connectivity index (χ2v) is 8.02. The third kappa shape index (κ3) is 4.44. The molecular formula is C23H25F3N2O3. The highest BCUT2D eigenvalue weighted by Gasteiger charge is 2.62. The minimum absolute atomic E-state index is 0.0959. The van der Waals surface area contributed by atoms with Crippen LogP contribution < -0.4 is 4.74 Å². The third-order valence-electron chi connectivity index (χ3n) is 5.57. The van der Waals surface area contributed by atoms with Gasteiger partial charge in [0.25, 0.3) is 11.6 Å². The Kier molecular flexibility index (Phi) is 6.14. The lowest BCUT2D eigenvalue weighted by atomic mass is 9.78. The van der Waals surface area contributed by atoms with Gasteiger partial charge in [0.15, 0.2) is 6.61 Å². The molecule has 1 atom stereocenters. The van der Waals surface area contributed by atoms with E-state index in [0.717, 1.165) is 11.1 Å². The number of aliphatic hydroxyl groups is 1. The second kappa shape index (κ2) is 8.34. The number of halogens is 3. The molecule has 1 aliphatic heterocycles. The van der Waals surface area contributed by atoms with E-state index in [9.17, 15) is 23.1 Å². The molecule has 8 heteroatoms. The van der Waals surface area contributed by atoms with E-state index in [2.05, 4.69) is 18.9 Å². The SMILES string of the molecule is CCC1=NN(C(=O)COc2ccc(C(C)(C)c3ccccc3)cc2)[C@](O)(C(F)(F)F)C1. The van der Waals surface area contributed by atoms with E-state index in [1.165, 1.54) is 0 Å². The zero-order valence-electron chi connectivity index (χ0n) is 17.6. The van der Waals surface area contributed by atoms with E-state index in [4.69, 9.17) is 4.74 Å². The minimum atomic E-state index is -5.03. The fourth-order valence-electron chi connectivity index (χ4n) is 3.49. The first-order valence-electron chi connectivity index (χ1n) is 9.96. The number of nitrogens with zero attached hydrogens (tertiary/aromatic N) is 2. The van der Waals surface area contributed by atoms with Gasteiger partial charge in [-0.15, -0.1) is 0 Å². The Bertz CT molecular complexity index is 956. The molecule has 1 amide bonds. The van der Waals surface area contributed by atoms with Crippen molar-refractivity contribution < 1.29 is 27.8 Å². The van der Waals surface area contributed by atoms with E-state index in [0.29, 0.717) is 5.75 Å². The van der Waals surface area contributed by atoms with E-state index in [1.807, 2.05) is 42.5 Å². The first-order valence-corrected chi connectivity index (χ1v) is 9.96. The average molecular weight is 434 g/mol. The van der Waals surface area contributed by atoms with Crippen molar-refractivity contribution in [2.45, 2.75) is 50.9 Å². The number of benzene rings is 2. The lowest BCUT2D eigenvalue weighted by Gasteiger charge is -2.32. The van der Waals surface area contributed by atoms with Gasteiger partial charge < -0.3 is 9.84 Å². The van der Waals surface area contributed by atoms with E-state index in [1.54, 1.807) is 19.1 Å². The van der Waals surface area contributed by atoms with Crippen LogP contribution in [0, 0.1) is 0 Å². The van der Waals surface area contributed by atoms with Crippen LogP contribution in [0.3, 0.4) is 0 Å². The van der Waals surface area contributed by atoms with Gasteiger partial charge in [-0.3, -0.25) is 4.79 Å². The predicted octanol–water partition coefficient (Wildman–Crippen LogP) is 4.64. The van der Waals surface area contributed by atoms with Gasteiger partial charge in [0.1, 0.15) is 5.75 Å². The molecule has 0 aromatic heterocycles. The second-order valence-electron chi connectivity index (χ2n) is 8.02. The van der Waals surface area contributed by atoms with Gasteiger partial charge in [-0.25, -0.2) is 0 Å². The molecule has 0 saturated carbocycles.